The van der Waals surface area contributed by atoms with Crippen molar-refractivity contribution >= 4 is 18.5 Å². The number of benzene rings is 2. The summed E-state index contributed by atoms with van der Waals surface area (Å²) in [5.74, 6) is 0. The molecular weight excluding hydrogens is 567 g/mol. The quantitative estimate of drug-likeness (QED) is 0.451. The summed E-state index contributed by atoms with van der Waals surface area (Å²) >= 11 is -0.655. The van der Waals surface area contributed by atoms with E-state index in [0.29, 0.717) is 0 Å². The van der Waals surface area contributed by atoms with Gasteiger partial charge in [-0.25, -0.2) is 0 Å². The predicted molar refractivity (Wildman–Crippen MR) is 110 cm³/mol. The van der Waals surface area contributed by atoms with E-state index in [2.05, 4.69) is 76.2 Å². The van der Waals surface area contributed by atoms with Crippen LogP contribution in [0.1, 0.15) is 57.2 Å². The number of fused-ring (bicyclic) bond motifs is 8. The van der Waals surface area contributed by atoms with Crippen LogP contribution in [0.3, 0.4) is 0 Å². The van der Waals surface area contributed by atoms with Gasteiger partial charge in [0.05, 0.1) is 0 Å². The molecule has 0 amide bonds. The molecule has 2 atom stereocenters. The molecule has 0 fully saturated rings. The van der Waals surface area contributed by atoms with Crippen LogP contribution >= 0.6 is 0 Å². The van der Waals surface area contributed by atoms with Crippen LogP contribution in [0, 0.1) is 0 Å². The minimum absolute atomic E-state index is 0. The van der Waals surface area contributed by atoms with Crippen molar-refractivity contribution in [1.29, 1.82) is 0 Å². The van der Waals surface area contributed by atoms with E-state index in [0.717, 1.165) is 7.25 Å². The maximum absolute atomic E-state index is 2.50. The Morgan fingerprint density at radius 2 is 1.11 bits per heavy atom. The van der Waals surface area contributed by atoms with Gasteiger partial charge in [0.15, 0.2) is 0 Å². The SMILES string of the molecule is CC[Si]1(CC)C2=C(C)[CH]([Zr+2][CH]3C(C)=C1c1ccccc13)c1ccccc12.[Br-].[Br-]. The van der Waals surface area contributed by atoms with Gasteiger partial charge in [-0.05, 0) is 0 Å². The number of allylic oxidation sites excluding steroid dienone is 2. The van der Waals surface area contributed by atoms with Gasteiger partial charge in [0.1, 0.15) is 0 Å². The summed E-state index contributed by atoms with van der Waals surface area (Å²) in [4.78, 5) is 0. The Bertz CT molecular complexity index is 912. The number of hydrogen-bond acceptors (Lipinski definition) is 0. The molecule has 2 unspecified atom stereocenters. The fourth-order valence-electron chi connectivity index (χ4n) is 6.08. The number of hydrogen-bond donors (Lipinski definition) is 0. The van der Waals surface area contributed by atoms with Crippen LogP contribution in [0.15, 0.2) is 59.7 Å². The number of rotatable bonds is 2. The van der Waals surface area contributed by atoms with E-state index in [1.54, 1.807) is 33.4 Å². The van der Waals surface area contributed by atoms with Gasteiger partial charge in [0.25, 0.3) is 0 Å². The molecular formula is C24H26Br2SiZr. The van der Waals surface area contributed by atoms with E-state index < -0.39 is 31.3 Å². The van der Waals surface area contributed by atoms with E-state index in [-0.39, 0.29) is 34.0 Å². The van der Waals surface area contributed by atoms with Crippen molar-refractivity contribution in [1.82, 2.24) is 0 Å². The summed E-state index contributed by atoms with van der Waals surface area (Å²) in [5.41, 5.74) is 10.2. The topological polar surface area (TPSA) is 0 Å². The van der Waals surface area contributed by atoms with Crippen molar-refractivity contribution in [2.75, 3.05) is 0 Å². The molecule has 0 saturated carbocycles. The van der Waals surface area contributed by atoms with Crippen LogP contribution in [-0.2, 0) is 23.2 Å². The zero-order chi connectivity index (χ0) is 18.1. The molecule has 0 saturated heterocycles. The average molecular weight is 594 g/mol. The van der Waals surface area contributed by atoms with Gasteiger partial charge >= 0.3 is 171 Å². The fraction of sp³-hybridized carbons (Fsp3) is 0.333. The molecule has 1 heterocycles. The molecule has 28 heavy (non-hydrogen) atoms. The van der Waals surface area contributed by atoms with Gasteiger partial charge in [-0.3, -0.25) is 0 Å². The molecule has 0 radical (unpaired) electrons. The summed E-state index contributed by atoms with van der Waals surface area (Å²) in [6, 6.07) is 21.5. The zero-order valence-corrected chi connectivity index (χ0v) is 23.6. The molecule has 2 aromatic rings. The second-order valence-electron chi connectivity index (χ2n) is 8.11. The van der Waals surface area contributed by atoms with Crippen LogP contribution in [0.25, 0.3) is 10.4 Å². The molecule has 0 spiro atoms. The van der Waals surface area contributed by atoms with Crippen molar-refractivity contribution in [3.05, 3.63) is 81.9 Å². The maximum Gasteiger partial charge on any atom is -1.00 e. The Labute approximate surface area is 203 Å². The Hall–Kier alpha value is -0.0200. The summed E-state index contributed by atoms with van der Waals surface area (Å²) < 4.78 is 1.56. The third kappa shape index (κ3) is 2.81. The van der Waals surface area contributed by atoms with Crippen molar-refractivity contribution < 1.29 is 57.2 Å². The van der Waals surface area contributed by atoms with E-state index in [1.807, 2.05) is 10.4 Å². The van der Waals surface area contributed by atoms with Gasteiger partial charge in [0, 0.05) is 0 Å². The molecule has 2 aliphatic carbocycles. The monoisotopic (exact) mass is 590 g/mol. The molecule has 144 valence electrons. The molecule has 2 aromatic carbocycles. The van der Waals surface area contributed by atoms with Gasteiger partial charge in [-0.2, -0.15) is 0 Å². The van der Waals surface area contributed by atoms with E-state index in [9.17, 15) is 0 Å². The smallest absolute Gasteiger partial charge is 1.00 e. The van der Waals surface area contributed by atoms with Gasteiger partial charge in [0.2, 0.25) is 0 Å². The van der Waals surface area contributed by atoms with Crippen molar-refractivity contribution in [2.45, 2.75) is 47.0 Å². The third-order valence-electron chi connectivity index (χ3n) is 7.23. The van der Waals surface area contributed by atoms with Crippen LogP contribution in [-0.4, -0.2) is 8.07 Å². The van der Waals surface area contributed by atoms with E-state index in [4.69, 9.17) is 0 Å². The van der Waals surface area contributed by atoms with Gasteiger partial charge in [-0.1, -0.05) is 0 Å². The summed E-state index contributed by atoms with van der Waals surface area (Å²) in [5, 5.41) is 3.65. The molecule has 0 aromatic heterocycles. The summed E-state index contributed by atoms with van der Waals surface area (Å²) in [6.45, 7) is 9.95. The van der Waals surface area contributed by atoms with Gasteiger partial charge in [-0.15, -0.1) is 0 Å². The average Bonchev–Trinajstić information content (AvgIpc) is 3.13. The van der Waals surface area contributed by atoms with Crippen molar-refractivity contribution in [2.24, 2.45) is 0 Å². The largest absolute Gasteiger partial charge is 1.00 e. The second-order valence-corrected chi connectivity index (χ2v) is 16.3. The fourth-order valence-corrected chi connectivity index (χ4v) is 17.1. The molecule has 4 bridgehead atoms. The van der Waals surface area contributed by atoms with Crippen LogP contribution in [0.4, 0.5) is 0 Å². The second kappa shape index (κ2) is 8.25. The first kappa shape index (κ1) is 22.7. The third-order valence-corrected chi connectivity index (χ3v) is 18.2. The first-order chi connectivity index (χ1) is 12.6. The first-order valence-corrected chi connectivity index (χ1v) is 15.3. The summed E-state index contributed by atoms with van der Waals surface area (Å²) in [6.07, 6.45) is 0. The predicted octanol–water partition coefficient (Wildman–Crippen LogP) is 0.714. The van der Waals surface area contributed by atoms with Crippen molar-refractivity contribution in [3.63, 3.8) is 0 Å². The molecule has 0 N–H and O–H groups in total. The minimum Gasteiger partial charge on any atom is -1.00 e. The van der Waals surface area contributed by atoms with Crippen LogP contribution in [0.5, 0.6) is 0 Å². The Morgan fingerprint density at radius 1 is 0.714 bits per heavy atom. The normalized spacial score (nSPS) is 22.7. The Balaban J connectivity index is 0.00000112. The zero-order valence-electron chi connectivity index (χ0n) is 16.9. The Kier molecular flexibility index (Phi) is 6.68. The molecule has 5 rings (SSSR count). The first-order valence-electron chi connectivity index (χ1n) is 10.0. The Morgan fingerprint density at radius 3 is 1.50 bits per heavy atom. The summed E-state index contributed by atoms with van der Waals surface area (Å²) in [7, 11) is -1.73. The molecule has 0 nitrogen and oxygen atoms in total. The van der Waals surface area contributed by atoms with Crippen molar-refractivity contribution in [3.8, 4) is 0 Å². The van der Waals surface area contributed by atoms with Crippen LogP contribution in [0.2, 0.25) is 12.1 Å². The minimum atomic E-state index is -1.73. The molecule has 4 heteroatoms. The van der Waals surface area contributed by atoms with Crippen LogP contribution < -0.4 is 34.0 Å². The van der Waals surface area contributed by atoms with Gasteiger partial charge < -0.3 is 34.0 Å². The van der Waals surface area contributed by atoms with E-state index >= 15 is 0 Å². The standard InChI is InChI=1S/C24H26Si.2BrH.Zr/c1-5-25(6-2,23-17(3)15-19-11-7-9-13-21(19)23)24-18(4)16-20-12-8-10-14-22(20)24;;;/h7-16H,5-6H2,1-4H3;2*1H;/q;;;+2/p-2. The number of halogens is 2. The van der Waals surface area contributed by atoms with E-state index in [1.165, 1.54) is 12.1 Å². The molecule has 3 aliphatic rings. The maximum atomic E-state index is 2.50. The molecule has 1 aliphatic heterocycles.